The van der Waals surface area contributed by atoms with Gasteiger partial charge in [-0.2, -0.15) is 0 Å². The Morgan fingerprint density at radius 3 is 1.79 bits per heavy atom. The lowest BCUT2D eigenvalue weighted by Gasteiger charge is -2.18. The van der Waals surface area contributed by atoms with Crippen LogP contribution in [-0.2, 0) is 6.54 Å². The van der Waals surface area contributed by atoms with E-state index in [1.807, 2.05) is 72.8 Å². The zero-order valence-corrected chi connectivity index (χ0v) is 17.8. The molecule has 0 unspecified atom stereocenters. The first-order chi connectivity index (χ1) is 16.2. The van der Waals surface area contributed by atoms with Crippen LogP contribution in [0.1, 0.15) is 26.3 Å². The van der Waals surface area contributed by atoms with E-state index < -0.39 is 0 Å². The molecule has 2 heterocycles. The predicted octanol–water partition coefficient (Wildman–Crippen LogP) is 6.16. The fraction of sp³-hybridized carbons (Fsp3) is 0.0345. The van der Waals surface area contributed by atoms with Crippen LogP contribution in [0.25, 0.3) is 22.2 Å². The van der Waals surface area contributed by atoms with Gasteiger partial charge in [0.1, 0.15) is 0 Å². The lowest BCUT2D eigenvalue weighted by Crippen LogP contribution is -2.29. The van der Waals surface area contributed by atoms with Gasteiger partial charge in [0.2, 0.25) is 0 Å². The second kappa shape index (κ2) is 7.61. The van der Waals surface area contributed by atoms with Crippen LogP contribution in [0.15, 0.2) is 109 Å². The standard InChI is InChI=1S/C29H20N2O2/c32-28-22-15-7-8-16-23(22)29(33)31(28)27-24-17-9-10-18-25(24)30(19-20-11-3-1-4-12-20)26(27)21-13-5-2-6-14-21/h1-18H,19H2. The van der Waals surface area contributed by atoms with Crippen molar-refractivity contribution in [2.75, 3.05) is 4.90 Å². The molecule has 1 aliphatic heterocycles. The highest BCUT2D eigenvalue weighted by molar-refractivity contribution is 6.37. The Balaban J connectivity index is 1.66. The minimum Gasteiger partial charge on any atom is -0.334 e. The Hall–Kier alpha value is -4.44. The van der Waals surface area contributed by atoms with Gasteiger partial charge in [0, 0.05) is 17.5 Å². The number of benzene rings is 4. The molecule has 4 nitrogen and oxygen atoms in total. The van der Waals surface area contributed by atoms with Crippen LogP contribution in [0.4, 0.5) is 5.69 Å². The maximum Gasteiger partial charge on any atom is 0.266 e. The summed E-state index contributed by atoms with van der Waals surface area (Å²) >= 11 is 0. The highest BCUT2D eigenvalue weighted by Crippen LogP contribution is 2.43. The van der Waals surface area contributed by atoms with Gasteiger partial charge in [-0.15, -0.1) is 0 Å². The van der Waals surface area contributed by atoms with Crippen molar-refractivity contribution >= 4 is 28.4 Å². The fourth-order valence-electron chi connectivity index (χ4n) is 4.72. The molecule has 0 fully saturated rings. The Labute approximate surface area is 191 Å². The van der Waals surface area contributed by atoms with Crippen LogP contribution in [0.3, 0.4) is 0 Å². The molecule has 0 N–H and O–H groups in total. The minimum absolute atomic E-state index is 0.282. The quantitative estimate of drug-likeness (QED) is 0.322. The summed E-state index contributed by atoms with van der Waals surface area (Å²) in [5.74, 6) is -0.564. The highest BCUT2D eigenvalue weighted by atomic mass is 16.2. The number of rotatable bonds is 4. The Bertz CT molecular complexity index is 1480. The number of amides is 2. The number of carbonyl (C=O) groups excluding carboxylic acids is 2. The van der Waals surface area contributed by atoms with Crippen molar-refractivity contribution in [3.8, 4) is 11.3 Å². The third kappa shape index (κ3) is 2.99. The maximum absolute atomic E-state index is 13.5. The molecule has 0 radical (unpaired) electrons. The SMILES string of the molecule is O=C1c2ccccc2C(=O)N1c1c(-c2ccccc2)n(Cc2ccccc2)c2ccccc12. The normalized spacial score (nSPS) is 13.0. The molecule has 0 spiro atoms. The van der Waals surface area contributed by atoms with Gasteiger partial charge < -0.3 is 4.57 Å². The number of fused-ring (bicyclic) bond motifs is 2. The molecule has 4 aromatic carbocycles. The maximum atomic E-state index is 13.5. The molecule has 0 bridgehead atoms. The highest BCUT2D eigenvalue weighted by Gasteiger charge is 2.39. The number of anilines is 1. The molecule has 0 aliphatic carbocycles. The third-order valence-corrected chi connectivity index (χ3v) is 6.19. The van der Waals surface area contributed by atoms with Gasteiger partial charge in [-0.1, -0.05) is 91.0 Å². The molecule has 158 valence electrons. The van der Waals surface area contributed by atoms with Gasteiger partial charge >= 0.3 is 0 Å². The largest absolute Gasteiger partial charge is 0.334 e. The first-order valence-electron chi connectivity index (χ1n) is 10.9. The molecule has 33 heavy (non-hydrogen) atoms. The molecule has 0 saturated heterocycles. The number of nitrogens with zero attached hydrogens (tertiary/aromatic N) is 2. The topological polar surface area (TPSA) is 42.3 Å². The Kier molecular flexibility index (Phi) is 4.44. The molecular weight excluding hydrogens is 408 g/mol. The zero-order valence-electron chi connectivity index (χ0n) is 17.8. The van der Waals surface area contributed by atoms with E-state index in [0.717, 1.165) is 27.7 Å². The number of aromatic nitrogens is 1. The lowest BCUT2D eigenvalue weighted by molar-refractivity contribution is 0.0926. The van der Waals surface area contributed by atoms with Gasteiger partial charge in [0.25, 0.3) is 11.8 Å². The second-order valence-corrected chi connectivity index (χ2v) is 8.14. The molecule has 6 rings (SSSR count). The minimum atomic E-state index is -0.282. The van der Waals surface area contributed by atoms with Crippen molar-refractivity contribution in [1.29, 1.82) is 0 Å². The van der Waals surface area contributed by atoms with Crippen molar-refractivity contribution in [2.45, 2.75) is 6.54 Å². The zero-order chi connectivity index (χ0) is 22.4. The van der Waals surface area contributed by atoms with E-state index >= 15 is 0 Å². The first-order valence-corrected chi connectivity index (χ1v) is 10.9. The Morgan fingerprint density at radius 1 is 0.576 bits per heavy atom. The molecule has 2 amide bonds. The van der Waals surface area contributed by atoms with E-state index in [9.17, 15) is 9.59 Å². The summed E-state index contributed by atoms with van der Waals surface area (Å²) in [7, 11) is 0. The van der Waals surface area contributed by atoms with E-state index in [4.69, 9.17) is 0 Å². The summed E-state index contributed by atoms with van der Waals surface area (Å²) in [4.78, 5) is 28.4. The van der Waals surface area contributed by atoms with E-state index in [-0.39, 0.29) is 11.8 Å². The summed E-state index contributed by atoms with van der Waals surface area (Å²) in [5, 5.41) is 0.877. The summed E-state index contributed by atoms with van der Waals surface area (Å²) in [6.45, 7) is 0.620. The van der Waals surface area contributed by atoms with Crippen LogP contribution in [0.5, 0.6) is 0 Å². The van der Waals surface area contributed by atoms with E-state index in [0.29, 0.717) is 23.4 Å². The van der Waals surface area contributed by atoms with Gasteiger partial charge in [0.15, 0.2) is 0 Å². The number of imide groups is 1. The van der Waals surface area contributed by atoms with Crippen molar-refractivity contribution < 1.29 is 9.59 Å². The van der Waals surface area contributed by atoms with Crippen LogP contribution < -0.4 is 4.90 Å². The van der Waals surface area contributed by atoms with Crippen LogP contribution in [-0.4, -0.2) is 16.4 Å². The summed E-state index contributed by atoms with van der Waals surface area (Å²) in [5.41, 5.74) is 5.46. The van der Waals surface area contributed by atoms with E-state index in [2.05, 4.69) is 16.7 Å². The molecular formula is C29H20N2O2. The number of para-hydroxylation sites is 1. The first kappa shape index (κ1) is 19.3. The molecule has 1 aliphatic rings. The number of carbonyl (C=O) groups is 2. The van der Waals surface area contributed by atoms with Gasteiger partial charge in [0.05, 0.1) is 28.0 Å². The third-order valence-electron chi connectivity index (χ3n) is 6.19. The number of hydrogen-bond acceptors (Lipinski definition) is 2. The van der Waals surface area contributed by atoms with Gasteiger partial charge in [-0.25, -0.2) is 4.90 Å². The van der Waals surface area contributed by atoms with E-state index in [1.165, 1.54) is 4.90 Å². The van der Waals surface area contributed by atoms with Crippen LogP contribution in [0, 0.1) is 0 Å². The van der Waals surface area contributed by atoms with Crippen molar-refractivity contribution in [3.63, 3.8) is 0 Å². The van der Waals surface area contributed by atoms with Gasteiger partial charge in [-0.3, -0.25) is 9.59 Å². The fourth-order valence-corrected chi connectivity index (χ4v) is 4.72. The number of hydrogen-bond donors (Lipinski definition) is 0. The summed E-state index contributed by atoms with van der Waals surface area (Å²) in [6, 6.07) is 35.2. The van der Waals surface area contributed by atoms with Crippen LogP contribution >= 0.6 is 0 Å². The van der Waals surface area contributed by atoms with Crippen molar-refractivity contribution in [1.82, 2.24) is 4.57 Å². The molecule has 4 heteroatoms. The van der Waals surface area contributed by atoms with Crippen LogP contribution in [0.2, 0.25) is 0 Å². The lowest BCUT2D eigenvalue weighted by atomic mass is 10.1. The monoisotopic (exact) mass is 428 g/mol. The van der Waals surface area contributed by atoms with E-state index in [1.54, 1.807) is 24.3 Å². The average molecular weight is 428 g/mol. The summed E-state index contributed by atoms with van der Waals surface area (Å²) in [6.07, 6.45) is 0. The summed E-state index contributed by atoms with van der Waals surface area (Å²) < 4.78 is 2.21. The second-order valence-electron chi connectivity index (χ2n) is 8.14. The molecule has 1 aromatic heterocycles. The predicted molar refractivity (Wildman–Crippen MR) is 130 cm³/mol. The Morgan fingerprint density at radius 2 is 1.12 bits per heavy atom. The van der Waals surface area contributed by atoms with Gasteiger partial charge in [-0.05, 0) is 23.8 Å². The van der Waals surface area contributed by atoms with Crippen molar-refractivity contribution in [3.05, 3.63) is 126 Å². The van der Waals surface area contributed by atoms with Crippen molar-refractivity contribution in [2.24, 2.45) is 0 Å². The smallest absolute Gasteiger partial charge is 0.266 e. The average Bonchev–Trinajstić information content (AvgIpc) is 3.31. The molecule has 5 aromatic rings. The molecule has 0 atom stereocenters. The molecule has 0 saturated carbocycles.